The molecule has 0 saturated carbocycles. The quantitative estimate of drug-likeness (QED) is 0.789. The van der Waals surface area contributed by atoms with E-state index in [1.54, 1.807) is 18.0 Å². The molecule has 5 nitrogen and oxygen atoms in total. The molecule has 0 atom stereocenters. The molecule has 0 aromatic carbocycles. The van der Waals surface area contributed by atoms with Crippen molar-refractivity contribution in [1.82, 2.24) is 4.98 Å². The van der Waals surface area contributed by atoms with E-state index in [4.69, 9.17) is 9.52 Å². The molecule has 1 aromatic rings. The van der Waals surface area contributed by atoms with E-state index >= 15 is 0 Å². The van der Waals surface area contributed by atoms with Gasteiger partial charge in [-0.2, -0.15) is 0 Å². The highest BCUT2D eigenvalue weighted by molar-refractivity contribution is 5.72. The van der Waals surface area contributed by atoms with Gasteiger partial charge in [-0.1, -0.05) is 0 Å². The van der Waals surface area contributed by atoms with E-state index in [0.29, 0.717) is 11.8 Å². The highest BCUT2D eigenvalue weighted by Gasteiger charge is 2.18. The number of carbonyl (C=O) groups is 1. The lowest BCUT2D eigenvalue weighted by molar-refractivity contribution is -0.135. The summed E-state index contributed by atoms with van der Waals surface area (Å²) in [5.41, 5.74) is 0. The largest absolute Gasteiger partial charge is 0.480 e. The molecule has 0 aliphatic carbocycles. The molecule has 14 heavy (non-hydrogen) atoms. The van der Waals surface area contributed by atoms with Crippen LogP contribution in [0.25, 0.3) is 0 Å². The van der Waals surface area contributed by atoms with Crippen LogP contribution in [0.2, 0.25) is 0 Å². The maximum atomic E-state index is 10.6. The standard InChI is InChI=1S/C9H14N2O3/c1-6(2)11(5-8(12)13)9-10-4-7(3)14-9/h4,6H,5H2,1-3H3,(H,12,13). The molecule has 0 spiro atoms. The van der Waals surface area contributed by atoms with Gasteiger partial charge in [-0.15, -0.1) is 0 Å². The SMILES string of the molecule is Cc1cnc(N(CC(=O)O)C(C)C)o1. The van der Waals surface area contributed by atoms with E-state index in [9.17, 15) is 4.79 Å². The Bertz CT molecular complexity index is 320. The van der Waals surface area contributed by atoms with Gasteiger partial charge in [0.25, 0.3) is 6.01 Å². The Balaban J connectivity index is 2.82. The Morgan fingerprint density at radius 1 is 1.71 bits per heavy atom. The summed E-state index contributed by atoms with van der Waals surface area (Å²) < 4.78 is 5.26. The average molecular weight is 198 g/mol. The maximum Gasteiger partial charge on any atom is 0.323 e. The van der Waals surface area contributed by atoms with Crippen molar-refractivity contribution in [2.75, 3.05) is 11.4 Å². The number of oxazole rings is 1. The van der Waals surface area contributed by atoms with Crippen LogP contribution in [0.3, 0.4) is 0 Å². The molecule has 0 amide bonds. The fourth-order valence-electron chi connectivity index (χ4n) is 1.09. The fraction of sp³-hybridized carbons (Fsp3) is 0.556. The van der Waals surface area contributed by atoms with Gasteiger partial charge >= 0.3 is 5.97 Å². The lowest BCUT2D eigenvalue weighted by atomic mass is 10.3. The lowest BCUT2D eigenvalue weighted by Gasteiger charge is -2.22. The number of carboxylic acid groups (broad SMARTS) is 1. The van der Waals surface area contributed by atoms with E-state index in [0.717, 1.165) is 0 Å². The van der Waals surface area contributed by atoms with E-state index < -0.39 is 5.97 Å². The van der Waals surface area contributed by atoms with Gasteiger partial charge in [-0.25, -0.2) is 4.98 Å². The second-order valence-corrected chi connectivity index (χ2v) is 3.37. The normalized spacial score (nSPS) is 10.6. The summed E-state index contributed by atoms with van der Waals surface area (Å²) in [7, 11) is 0. The van der Waals surface area contributed by atoms with Crippen molar-refractivity contribution in [3.05, 3.63) is 12.0 Å². The molecule has 0 fully saturated rings. The first kappa shape index (κ1) is 10.6. The van der Waals surface area contributed by atoms with E-state index in [1.807, 2.05) is 13.8 Å². The molecule has 0 radical (unpaired) electrons. The molecule has 0 unspecified atom stereocenters. The van der Waals surface area contributed by atoms with Gasteiger partial charge < -0.3 is 14.4 Å². The van der Waals surface area contributed by atoms with Crippen LogP contribution in [0, 0.1) is 6.92 Å². The molecule has 1 N–H and O–H groups in total. The average Bonchev–Trinajstić information content (AvgIpc) is 2.46. The number of aryl methyl sites for hydroxylation is 1. The Morgan fingerprint density at radius 3 is 2.71 bits per heavy atom. The van der Waals surface area contributed by atoms with Crippen LogP contribution in [-0.2, 0) is 4.79 Å². The molecule has 1 aromatic heterocycles. The molecule has 0 bridgehead atoms. The molecule has 78 valence electrons. The third kappa shape index (κ3) is 2.48. The minimum atomic E-state index is -0.894. The third-order valence-electron chi connectivity index (χ3n) is 1.78. The second kappa shape index (κ2) is 4.13. The molecule has 0 saturated heterocycles. The Labute approximate surface area is 82.4 Å². The van der Waals surface area contributed by atoms with Crippen molar-refractivity contribution in [1.29, 1.82) is 0 Å². The second-order valence-electron chi connectivity index (χ2n) is 3.37. The van der Waals surface area contributed by atoms with Crippen molar-refractivity contribution in [2.45, 2.75) is 26.8 Å². The first-order valence-corrected chi connectivity index (χ1v) is 4.41. The van der Waals surface area contributed by atoms with Crippen molar-refractivity contribution in [3.8, 4) is 0 Å². The maximum absolute atomic E-state index is 10.6. The zero-order valence-corrected chi connectivity index (χ0v) is 8.52. The van der Waals surface area contributed by atoms with Gasteiger partial charge in [0.15, 0.2) is 0 Å². The molecular weight excluding hydrogens is 184 g/mol. The van der Waals surface area contributed by atoms with E-state index in [2.05, 4.69) is 4.98 Å². The summed E-state index contributed by atoms with van der Waals surface area (Å²) in [6.45, 7) is 5.46. The Kier molecular flexibility index (Phi) is 3.11. The van der Waals surface area contributed by atoms with Gasteiger partial charge in [0.2, 0.25) is 0 Å². The van der Waals surface area contributed by atoms with Crippen LogP contribution in [0.5, 0.6) is 0 Å². The fourth-order valence-corrected chi connectivity index (χ4v) is 1.09. The molecule has 0 aliphatic heterocycles. The predicted octanol–water partition coefficient (Wildman–Crippen LogP) is 1.28. The molecule has 1 heterocycles. The van der Waals surface area contributed by atoms with Crippen LogP contribution < -0.4 is 4.90 Å². The van der Waals surface area contributed by atoms with E-state index in [1.165, 1.54) is 0 Å². The Morgan fingerprint density at radius 2 is 2.36 bits per heavy atom. The molecule has 0 aliphatic rings. The number of carboxylic acids is 1. The van der Waals surface area contributed by atoms with Gasteiger partial charge in [-0.3, -0.25) is 4.79 Å². The van der Waals surface area contributed by atoms with Crippen LogP contribution in [0.1, 0.15) is 19.6 Å². The van der Waals surface area contributed by atoms with Crippen molar-refractivity contribution >= 4 is 12.0 Å². The van der Waals surface area contributed by atoms with E-state index in [-0.39, 0.29) is 12.6 Å². The Hall–Kier alpha value is -1.52. The summed E-state index contributed by atoms with van der Waals surface area (Å²) in [6.07, 6.45) is 1.58. The zero-order valence-electron chi connectivity index (χ0n) is 8.52. The minimum Gasteiger partial charge on any atom is -0.480 e. The lowest BCUT2D eigenvalue weighted by Crippen LogP contribution is -2.35. The monoisotopic (exact) mass is 198 g/mol. The van der Waals surface area contributed by atoms with Crippen molar-refractivity contribution < 1.29 is 14.3 Å². The molecule has 5 heteroatoms. The van der Waals surface area contributed by atoms with Crippen molar-refractivity contribution in [3.63, 3.8) is 0 Å². The van der Waals surface area contributed by atoms with Gasteiger partial charge in [0.1, 0.15) is 12.3 Å². The molecular formula is C9H14N2O3. The summed E-state index contributed by atoms with van der Waals surface area (Å²) in [5, 5.41) is 8.69. The molecule has 1 rings (SSSR count). The number of hydrogen-bond acceptors (Lipinski definition) is 4. The van der Waals surface area contributed by atoms with Crippen LogP contribution in [-0.4, -0.2) is 28.6 Å². The topological polar surface area (TPSA) is 66.6 Å². The van der Waals surface area contributed by atoms with Crippen LogP contribution >= 0.6 is 0 Å². The number of aliphatic carboxylic acids is 1. The number of rotatable bonds is 4. The number of aromatic nitrogens is 1. The number of hydrogen-bond donors (Lipinski definition) is 1. The first-order valence-electron chi connectivity index (χ1n) is 4.41. The number of nitrogens with zero attached hydrogens (tertiary/aromatic N) is 2. The van der Waals surface area contributed by atoms with Gasteiger partial charge in [0.05, 0.1) is 6.20 Å². The summed E-state index contributed by atoms with van der Waals surface area (Å²) in [4.78, 5) is 16.2. The number of anilines is 1. The highest BCUT2D eigenvalue weighted by Crippen LogP contribution is 2.15. The zero-order chi connectivity index (χ0) is 10.7. The van der Waals surface area contributed by atoms with Crippen LogP contribution in [0.15, 0.2) is 10.6 Å². The van der Waals surface area contributed by atoms with Crippen LogP contribution in [0.4, 0.5) is 6.01 Å². The van der Waals surface area contributed by atoms with Gasteiger partial charge in [0, 0.05) is 6.04 Å². The summed E-state index contributed by atoms with van der Waals surface area (Å²) in [6, 6.07) is 0.407. The summed E-state index contributed by atoms with van der Waals surface area (Å²) >= 11 is 0. The smallest absolute Gasteiger partial charge is 0.323 e. The van der Waals surface area contributed by atoms with Gasteiger partial charge in [-0.05, 0) is 20.8 Å². The third-order valence-corrected chi connectivity index (χ3v) is 1.78. The predicted molar refractivity (Wildman–Crippen MR) is 51.4 cm³/mol. The summed E-state index contributed by atoms with van der Waals surface area (Å²) in [5.74, 6) is -0.217. The first-order chi connectivity index (χ1) is 6.50. The van der Waals surface area contributed by atoms with Crippen molar-refractivity contribution in [2.24, 2.45) is 0 Å². The minimum absolute atomic E-state index is 0.0455. The highest BCUT2D eigenvalue weighted by atomic mass is 16.4.